The van der Waals surface area contributed by atoms with Gasteiger partial charge in [0.2, 0.25) is 12.0 Å². The highest BCUT2D eigenvalue weighted by Gasteiger charge is 2.35. The van der Waals surface area contributed by atoms with Gasteiger partial charge in [0.1, 0.15) is 11.5 Å². The lowest BCUT2D eigenvalue weighted by atomic mass is 9.89. The number of hydrogen-bond donors (Lipinski definition) is 0. The van der Waals surface area contributed by atoms with Gasteiger partial charge in [0, 0.05) is 23.7 Å². The standard InChI is InChI=1S/C16H19ClN2O3/c1-16(2,10-17)14(20)15(19-9-8-18-11-19)22-13-6-4-12(21-3)5-7-13/h4-9,11,15H,10H2,1-3H3. The number of Topliss-reactive ketones (excluding diaryl/α,β-unsaturated/α-hetero) is 1. The average molecular weight is 323 g/mol. The van der Waals surface area contributed by atoms with Crippen molar-refractivity contribution in [3.8, 4) is 11.5 Å². The molecule has 0 aliphatic carbocycles. The van der Waals surface area contributed by atoms with Crippen molar-refractivity contribution in [1.29, 1.82) is 0 Å². The highest BCUT2D eigenvalue weighted by molar-refractivity contribution is 6.20. The molecule has 22 heavy (non-hydrogen) atoms. The van der Waals surface area contributed by atoms with Gasteiger partial charge in [-0.3, -0.25) is 9.36 Å². The maximum atomic E-state index is 12.7. The molecule has 0 N–H and O–H groups in total. The first kappa shape index (κ1) is 16.4. The third-order valence-corrected chi connectivity index (χ3v) is 4.00. The van der Waals surface area contributed by atoms with E-state index in [-0.39, 0.29) is 11.7 Å². The van der Waals surface area contributed by atoms with Crippen LogP contribution in [0, 0.1) is 5.41 Å². The second kappa shape index (κ2) is 6.83. The predicted octanol–water partition coefficient (Wildman–Crippen LogP) is 3.30. The molecule has 1 aromatic heterocycles. The molecule has 0 aliphatic rings. The molecule has 1 heterocycles. The van der Waals surface area contributed by atoms with Crippen molar-refractivity contribution >= 4 is 17.4 Å². The summed E-state index contributed by atoms with van der Waals surface area (Å²) in [6.45, 7) is 3.59. The molecular formula is C16H19ClN2O3. The minimum Gasteiger partial charge on any atom is -0.497 e. The number of nitrogens with zero attached hydrogens (tertiary/aromatic N) is 2. The Labute approximate surface area is 134 Å². The van der Waals surface area contributed by atoms with E-state index in [1.54, 1.807) is 68.5 Å². The van der Waals surface area contributed by atoms with Crippen molar-refractivity contribution in [3.63, 3.8) is 0 Å². The summed E-state index contributed by atoms with van der Waals surface area (Å²) in [5.41, 5.74) is -0.705. The molecule has 0 spiro atoms. The molecule has 6 heteroatoms. The average Bonchev–Trinajstić information content (AvgIpc) is 3.06. The minimum absolute atomic E-state index is 0.115. The molecule has 1 unspecified atom stereocenters. The van der Waals surface area contributed by atoms with Crippen molar-refractivity contribution < 1.29 is 14.3 Å². The van der Waals surface area contributed by atoms with Crippen LogP contribution in [0.4, 0.5) is 0 Å². The number of ketones is 1. The maximum absolute atomic E-state index is 12.7. The van der Waals surface area contributed by atoms with Crippen molar-refractivity contribution in [2.45, 2.75) is 20.1 Å². The van der Waals surface area contributed by atoms with Crippen LogP contribution in [-0.4, -0.2) is 28.3 Å². The molecule has 2 rings (SSSR count). The lowest BCUT2D eigenvalue weighted by Gasteiger charge is -2.27. The van der Waals surface area contributed by atoms with E-state index in [1.165, 1.54) is 0 Å². The van der Waals surface area contributed by atoms with Gasteiger partial charge in [0.15, 0.2) is 0 Å². The van der Waals surface area contributed by atoms with Gasteiger partial charge in [0.05, 0.1) is 13.4 Å². The first-order valence-electron chi connectivity index (χ1n) is 6.86. The fraction of sp³-hybridized carbons (Fsp3) is 0.375. The summed E-state index contributed by atoms with van der Waals surface area (Å²) < 4.78 is 12.6. The van der Waals surface area contributed by atoms with Gasteiger partial charge in [0.25, 0.3) is 0 Å². The van der Waals surface area contributed by atoms with E-state index in [4.69, 9.17) is 21.1 Å². The summed E-state index contributed by atoms with van der Waals surface area (Å²) in [7, 11) is 1.59. The quantitative estimate of drug-likeness (QED) is 0.734. The Morgan fingerprint density at radius 2 is 1.95 bits per heavy atom. The zero-order valence-electron chi connectivity index (χ0n) is 12.8. The normalized spacial score (nSPS) is 12.7. The summed E-state index contributed by atoms with van der Waals surface area (Å²) in [6, 6.07) is 7.06. The Bertz CT molecular complexity index is 609. The number of carbonyl (C=O) groups is 1. The van der Waals surface area contributed by atoms with Gasteiger partial charge in [-0.1, -0.05) is 13.8 Å². The Balaban J connectivity index is 2.27. The lowest BCUT2D eigenvalue weighted by molar-refractivity contribution is -0.137. The summed E-state index contributed by atoms with van der Waals surface area (Å²) in [6.07, 6.45) is 4.03. The molecule has 0 fully saturated rings. The smallest absolute Gasteiger partial charge is 0.236 e. The predicted molar refractivity (Wildman–Crippen MR) is 84.4 cm³/mol. The zero-order valence-corrected chi connectivity index (χ0v) is 13.6. The molecule has 0 saturated heterocycles. The minimum atomic E-state index is -0.815. The van der Waals surface area contributed by atoms with Crippen LogP contribution in [0.3, 0.4) is 0 Å². The number of halogens is 1. The number of benzene rings is 1. The third kappa shape index (κ3) is 3.60. The summed E-state index contributed by atoms with van der Waals surface area (Å²) >= 11 is 5.92. The van der Waals surface area contributed by atoms with Crippen molar-refractivity contribution in [2.24, 2.45) is 5.41 Å². The molecule has 0 saturated carbocycles. The molecule has 2 aromatic rings. The van der Waals surface area contributed by atoms with Crippen LogP contribution in [0.15, 0.2) is 43.0 Å². The van der Waals surface area contributed by atoms with E-state index < -0.39 is 11.6 Å². The topological polar surface area (TPSA) is 53.4 Å². The van der Waals surface area contributed by atoms with Gasteiger partial charge < -0.3 is 9.47 Å². The van der Waals surface area contributed by atoms with E-state index in [0.29, 0.717) is 5.75 Å². The van der Waals surface area contributed by atoms with Crippen LogP contribution < -0.4 is 9.47 Å². The molecule has 0 amide bonds. The number of imidazole rings is 1. The van der Waals surface area contributed by atoms with Gasteiger partial charge in [-0.15, -0.1) is 11.6 Å². The Hall–Kier alpha value is -2.01. The summed E-state index contributed by atoms with van der Waals surface area (Å²) in [4.78, 5) is 16.7. The van der Waals surface area contributed by atoms with Gasteiger partial charge in [-0.05, 0) is 24.3 Å². The van der Waals surface area contributed by atoms with E-state index in [9.17, 15) is 4.79 Å². The lowest BCUT2D eigenvalue weighted by Crippen LogP contribution is -2.36. The SMILES string of the molecule is COc1ccc(OC(C(=O)C(C)(C)CCl)n2ccnc2)cc1. The molecule has 0 radical (unpaired) electrons. The fourth-order valence-electron chi connectivity index (χ4n) is 1.84. The van der Waals surface area contributed by atoms with E-state index in [2.05, 4.69) is 4.98 Å². The van der Waals surface area contributed by atoms with E-state index in [1.807, 2.05) is 0 Å². The molecule has 118 valence electrons. The van der Waals surface area contributed by atoms with E-state index >= 15 is 0 Å². The highest BCUT2D eigenvalue weighted by Crippen LogP contribution is 2.28. The Morgan fingerprint density at radius 1 is 1.32 bits per heavy atom. The van der Waals surface area contributed by atoms with Crippen LogP contribution in [-0.2, 0) is 4.79 Å². The second-order valence-electron chi connectivity index (χ2n) is 5.54. The largest absolute Gasteiger partial charge is 0.497 e. The molecule has 1 atom stereocenters. The number of carbonyl (C=O) groups excluding carboxylic acids is 1. The Kier molecular flexibility index (Phi) is 5.08. The Morgan fingerprint density at radius 3 is 2.45 bits per heavy atom. The number of rotatable bonds is 7. The highest BCUT2D eigenvalue weighted by atomic mass is 35.5. The van der Waals surface area contributed by atoms with Gasteiger partial charge in [-0.2, -0.15) is 0 Å². The number of methoxy groups -OCH3 is 1. The van der Waals surface area contributed by atoms with Crippen molar-refractivity contribution in [1.82, 2.24) is 9.55 Å². The first-order valence-corrected chi connectivity index (χ1v) is 7.40. The molecule has 5 nitrogen and oxygen atoms in total. The zero-order chi connectivity index (χ0) is 16.2. The van der Waals surface area contributed by atoms with E-state index in [0.717, 1.165) is 5.75 Å². The van der Waals surface area contributed by atoms with Gasteiger partial charge >= 0.3 is 0 Å². The summed E-state index contributed by atoms with van der Waals surface area (Å²) in [5.74, 6) is 1.39. The van der Waals surface area contributed by atoms with Crippen LogP contribution in [0.5, 0.6) is 11.5 Å². The first-order chi connectivity index (χ1) is 10.5. The molecular weight excluding hydrogens is 304 g/mol. The molecule has 0 aliphatic heterocycles. The maximum Gasteiger partial charge on any atom is 0.236 e. The monoisotopic (exact) mass is 322 g/mol. The number of aromatic nitrogens is 2. The second-order valence-corrected chi connectivity index (χ2v) is 5.80. The third-order valence-electron chi connectivity index (χ3n) is 3.33. The number of hydrogen-bond acceptors (Lipinski definition) is 4. The number of ether oxygens (including phenoxy) is 2. The van der Waals surface area contributed by atoms with Crippen molar-refractivity contribution in [3.05, 3.63) is 43.0 Å². The fourth-order valence-corrected chi connectivity index (χ4v) is 1.97. The van der Waals surface area contributed by atoms with Crippen LogP contribution in [0.2, 0.25) is 0 Å². The molecule has 0 bridgehead atoms. The van der Waals surface area contributed by atoms with Gasteiger partial charge in [-0.25, -0.2) is 4.98 Å². The van der Waals surface area contributed by atoms with Crippen LogP contribution in [0.1, 0.15) is 20.1 Å². The summed E-state index contributed by atoms with van der Waals surface area (Å²) in [5, 5.41) is 0. The van der Waals surface area contributed by atoms with Crippen LogP contribution >= 0.6 is 11.6 Å². The number of alkyl halides is 1. The van der Waals surface area contributed by atoms with Crippen LogP contribution in [0.25, 0.3) is 0 Å². The molecule has 1 aromatic carbocycles. The van der Waals surface area contributed by atoms with Crippen molar-refractivity contribution in [2.75, 3.05) is 13.0 Å².